The minimum atomic E-state index is -0.715. The van der Waals surface area contributed by atoms with Gasteiger partial charge in [0.1, 0.15) is 5.60 Å². The number of aliphatic hydroxyl groups excluding tert-OH is 1. The highest BCUT2D eigenvalue weighted by molar-refractivity contribution is 5.70. The van der Waals surface area contributed by atoms with E-state index in [1.165, 1.54) is 57.8 Å². The zero-order valence-corrected chi connectivity index (χ0v) is 28.4. The van der Waals surface area contributed by atoms with Crippen LogP contribution < -0.4 is 0 Å². The second-order valence-corrected chi connectivity index (χ2v) is 16.6. The average molecular weight is 585 g/mol. The van der Waals surface area contributed by atoms with Crippen LogP contribution in [-0.4, -0.2) is 35.5 Å². The molecule has 0 saturated heterocycles. The third kappa shape index (κ3) is 7.92. The van der Waals surface area contributed by atoms with Crippen molar-refractivity contribution in [2.24, 2.45) is 46.3 Å². The molecule has 4 heteroatoms. The minimum absolute atomic E-state index is 0.0258. The topological polar surface area (TPSA) is 55.8 Å². The maximum atomic E-state index is 11.9. The van der Waals surface area contributed by atoms with Gasteiger partial charge < -0.3 is 14.6 Å². The molecule has 0 spiro atoms. The highest BCUT2D eigenvalue weighted by atomic mass is 16.6. The molecule has 3 fully saturated rings. The van der Waals surface area contributed by atoms with E-state index in [0.717, 1.165) is 48.3 Å². The molecule has 4 aliphatic carbocycles. The second-order valence-electron chi connectivity index (χ2n) is 16.6. The Morgan fingerprint density at radius 2 is 1.81 bits per heavy atom. The van der Waals surface area contributed by atoms with E-state index in [9.17, 15) is 9.90 Å². The molecule has 0 bridgehead atoms. The van der Waals surface area contributed by atoms with Gasteiger partial charge >= 0.3 is 5.97 Å². The van der Waals surface area contributed by atoms with Gasteiger partial charge in [0.25, 0.3) is 0 Å². The highest BCUT2D eigenvalue weighted by Gasteiger charge is 2.59. The van der Waals surface area contributed by atoms with Crippen LogP contribution in [0.5, 0.6) is 0 Å². The Labute approximate surface area is 258 Å². The van der Waals surface area contributed by atoms with Gasteiger partial charge in [-0.25, -0.2) is 0 Å². The fraction of sp³-hybridized carbons (Fsp3) is 0.868. The van der Waals surface area contributed by atoms with E-state index in [2.05, 4.69) is 40.7 Å². The molecule has 240 valence electrons. The molecule has 0 aromatic rings. The van der Waals surface area contributed by atoms with Crippen molar-refractivity contribution in [3.05, 3.63) is 23.8 Å². The third-order valence-electron chi connectivity index (χ3n) is 12.1. The van der Waals surface area contributed by atoms with E-state index in [-0.39, 0.29) is 18.5 Å². The second kappa shape index (κ2) is 13.9. The summed E-state index contributed by atoms with van der Waals surface area (Å²) in [5, 5.41) is 10.2. The SMILES string of the molecule is CC(C)CCC[C@@H](C)[C@H]1CCC2C3CC=C4C[C@@H](OC/C=C/CC(O)CC(=O)OC(C)(C)C)CC[C@]4(C)C3CC[C@@]21C. The van der Waals surface area contributed by atoms with Gasteiger partial charge in [-0.1, -0.05) is 77.7 Å². The highest BCUT2D eigenvalue weighted by Crippen LogP contribution is 2.67. The first-order chi connectivity index (χ1) is 19.7. The van der Waals surface area contributed by atoms with Gasteiger partial charge in [0.15, 0.2) is 0 Å². The van der Waals surface area contributed by atoms with Gasteiger partial charge in [-0.15, -0.1) is 0 Å². The summed E-state index contributed by atoms with van der Waals surface area (Å²) in [6.45, 7) is 18.7. The number of hydrogen-bond donors (Lipinski definition) is 1. The van der Waals surface area contributed by atoms with Crippen molar-refractivity contribution in [2.45, 2.75) is 157 Å². The van der Waals surface area contributed by atoms with E-state index < -0.39 is 11.7 Å². The van der Waals surface area contributed by atoms with Gasteiger partial charge in [-0.05, 0) is 125 Å². The molecule has 0 radical (unpaired) electrons. The molecule has 0 aromatic carbocycles. The molecule has 1 N–H and O–H groups in total. The number of ether oxygens (including phenoxy) is 2. The number of carbonyl (C=O) groups excluding carboxylic acids is 1. The fourth-order valence-corrected chi connectivity index (χ4v) is 9.97. The van der Waals surface area contributed by atoms with Crippen molar-refractivity contribution in [1.29, 1.82) is 0 Å². The van der Waals surface area contributed by atoms with Crippen LogP contribution in [0.4, 0.5) is 0 Å². The van der Waals surface area contributed by atoms with Crippen molar-refractivity contribution in [2.75, 3.05) is 6.61 Å². The van der Waals surface area contributed by atoms with Crippen LogP contribution >= 0.6 is 0 Å². The van der Waals surface area contributed by atoms with Gasteiger partial charge in [0, 0.05) is 0 Å². The van der Waals surface area contributed by atoms with E-state index in [0.29, 0.717) is 23.9 Å². The Balaban J connectivity index is 1.26. The Bertz CT molecular complexity index is 959. The molecule has 0 heterocycles. The number of hydrogen-bond acceptors (Lipinski definition) is 4. The smallest absolute Gasteiger partial charge is 0.308 e. The summed E-state index contributed by atoms with van der Waals surface area (Å²) in [4.78, 5) is 11.9. The monoisotopic (exact) mass is 584 g/mol. The van der Waals surface area contributed by atoms with E-state index in [4.69, 9.17) is 9.47 Å². The molecule has 3 saturated carbocycles. The summed E-state index contributed by atoms with van der Waals surface area (Å²) >= 11 is 0. The number of carbonyl (C=O) groups is 1. The van der Waals surface area contributed by atoms with Crippen LogP contribution in [0.3, 0.4) is 0 Å². The summed E-state index contributed by atoms with van der Waals surface area (Å²) in [6.07, 6.45) is 21.4. The summed E-state index contributed by atoms with van der Waals surface area (Å²) in [5.41, 5.74) is 2.06. The molecule has 4 nitrogen and oxygen atoms in total. The standard InChI is InChI=1S/C38H64O4/c1-26(2)12-11-13-27(3)32-17-18-33-31-16-15-28-24-30(19-21-37(28,7)34(31)20-22-38(32,33)8)41-23-10-9-14-29(39)25-35(40)42-36(4,5)6/h9-10,15,26-27,29-34,39H,11-14,16-25H2,1-8H3/b10-9+/t27-,29?,30+,31?,32-,33?,34?,37+,38-/m1/s1. The molecular formula is C38H64O4. The van der Waals surface area contributed by atoms with Crippen molar-refractivity contribution in [1.82, 2.24) is 0 Å². The predicted octanol–water partition coefficient (Wildman–Crippen LogP) is 9.45. The lowest BCUT2D eigenvalue weighted by atomic mass is 9.47. The zero-order valence-electron chi connectivity index (χ0n) is 28.4. The van der Waals surface area contributed by atoms with Crippen molar-refractivity contribution in [3.63, 3.8) is 0 Å². The van der Waals surface area contributed by atoms with E-state index in [1.807, 2.05) is 32.9 Å². The largest absolute Gasteiger partial charge is 0.460 e. The molecule has 0 aromatic heterocycles. The van der Waals surface area contributed by atoms with Gasteiger partial charge in [0.2, 0.25) is 0 Å². The molecular weight excluding hydrogens is 520 g/mol. The number of aliphatic hydroxyl groups is 1. The summed E-state index contributed by atoms with van der Waals surface area (Å²) in [7, 11) is 0. The predicted molar refractivity (Wildman–Crippen MR) is 173 cm³/mol. The van der Waals surface area contributed by atoms with E-state index in [1.54, 1.807) is 5.57 Å². The Morgan fingerprint density at radius 1 is 1.05 bits per heavy atom. The maximum Gasteiger partial charge on any atom is 0.308 e. The van der Waals surface area contributed by atoms with Crippen LogP contribution in [0, 0.1) is 46.3 Å². The lowest BCUT2D eigenvalue weighted by Gasteiger charge is -2.58. The maximum absolute atomic E-state index is 11.9. The van der Waals surface area contributed by atoms with Crippen molar-refractivity contribution >= 4 is 5.97 Å². The lowest BCUT2D eigenvalue weighted by Crippen LogP contribution is -2.51. The Kier molecular flexibility index (Phi) is 11.2. The first-order valence-corrected chi connectivity index (χ1v) is 17.6. The average Bonchev–Trinajstić information content (AvgIpc) is 3.24. The van der Waals surface area contributed by atoms with Crippen LogP contribution in [0.1, 0.15) is 139 Å². The summed E-state index contributed by atoms with van der Waals surface area (Å²) in [5.74, 6) is 4.90. The third-order valence-corrected chi connectivity index (χ3v) is 12.1. The Morgan fingerprint density at radius 3 is 2.52 bits per heavy atom. The molecule has 42 heavy (non-hydrogen) atoms. The normalized spacial score (nSPS) is 36.2. The number of esters is 1. The molecule has 4 unspecified atom stereocenters. The van der Waals surface area contributed by atoms with Crippen LogP contribution in [0.15, 0.2) is 23.8 Å². The number of allylic oxidation sites excluding steroid dienone is 1. The van der Waals surface area contributed by atoms with Gasteiger partial charge in [-0.3, -0.25) is 4.79 Å². The molecule has 0 aliphatic heterocycles. The lowest BCUT2D eigenvalue weighted by molar-refractivity contribution is -0.156. The zero-order chi connectivity index (χ0) is 30.7. The van der Waals surface area contributed by atoms with Gasteiger partial charge in [0.05, 0.1) is 25.2 Å². The molecule has 0 amide bonds. The van der Waals surface area contributed by atoms with Crippen molar-refractivity contribution < 1.29 is 19.4 Å². The fourth-order valence-electron chi connectivity index (χ4n) is 9.97. The quantitative estimate of drug-likeness (QED) is 0.183. The molecule has 4 aliphatic rings. The van der Waals surface area contributed by atoms with Crippen LogP contribution in [0.25, 0.3) is 0 Å². The van der Waals surface area contributed by atoms with Crippen molar-refractivity contribution in [3.8, 4) is 0 Å². The van der Waals surface area contributed by atoms with E-state index >= 15 is 0 Å². The van der Waals surface area contributed by atoms with Gasteiger partial charge in [-0.2, -0.15) is 0 Å². The minimum Gasteiger partial charge on any atom is -0.460 e. The first kappa shape index (κ1) is 33.8. The molecule has 9 atom stereocenters. The summed E-state index contributed by atoms with van der Waals surface area (Å²) < 4.78 is 11.6. The van der Waals surface area contributed by atoms with Crippen LogP contribution in [0.2, 0.25) is 0 Å². The number of rotatable bonds is 12. The number of fused-ring (bicyclic) bond motifs is 5. The van der Waals surface area contributed by atoms with Crippen LogP contribution in [-0.2, 0) is 14.3 Å². The summed E-state index contributed by atoms with van der Waals surface area (Å²) in [6, 6.07) is 0. The Hall–Kier alpha value is -1.13. The molecule has 4 rings (SSSR count). The first-order valence-electron chi connectivity index (χ1n) is 17.6.